The van der Waals surface area contributed by atoms with Gasteiger partial charge in [-0.05, 0) is 16.9 Å². The molecule has 2 aromatic heterocycles. The van der Waals surface area contributed by atoms with Gasteiger partial charge >= 0.3 is 5.65 Å². The molecule has 0 spiro atoms. The van der Waals surface area contributed by atoms with Gasteiger partial charge in [0.1, 0.15) is 0 Å². The van der Waals surface area contributed by atoms with E-state index in [4.69, 9.17) is 11.6 Å². The van der Waals surface area contributed by atoms with Crippen molar-refractivity contribution in [1.82, 2.24) is 4.98 Å². The summed E-state index contributed by atoms with van der Waals surface area (Å²) in [5.74, 6) is 0. The lowest BCUT2D eigenvalue weighted by Gasteiger charge is -1.90. The maximum Gasteiger partial charge on any atom is 0.325 e. The maximum absolute atomic E-state index is 9.24. The monoisotopic (exact) mass is 169 g/mol. The van der Waals surface area contributed by atoms with Gasteiger partial charge < -0.3 is 5.21 Å². The van der Waals surface area contributed by atoms with Crippen LogP contribution in [0.4, 0.5) is 0 Å². The summed E-state index contributed by atoms with van der Waals surface area (Å²) in [4.78, 5) is 2.87. The Hall–Kier alpha value is -1.22. The van der Waals surface area contributed by atoms with Gasteiger partial charge in [-0.1, -0.05) is 11.6 Å². The number of nitrogens with zero attached hydrogens (tertiary/aromatic N) is 1. The smallest absolute Gasteiger partial charge is 0.325 e. The second-order valence-corrected chi connectivity index (χ2v) is 2.72. The fraction of sp³-hybridized carbons (Fsp3) is 0. The van der Waals surface area contributed by atoms with Gasteiger partial charge in [-0.25, -0.2) is 4.98 Å². The van der Waals surface area contributed by atoms with Crippen LogP contribution in [-0.2, 0) is 0 Å². The molecular weight excluding hydrogens is 164 g/mol. The lowest BCUT2D eigenvalue weighted by atomic mass is 10.3. The van der Waals surface area contributed by atoms with Crippen LogP contribution in [0.3, 0.4) is 0 Å². The van der Waals surface area contributed by atoms with Crippen LogP contribution in [0.25, 0.3) is 11.0 Å². The van der Waals surface area contributed by atoms with Crippen LogP contribution in [0.2, 0.25) is 5.02 Å². The standard InChI is InChI=1S/C7H5ClN2O/c8-6-3-5-1-2-9-7(5)10(11)4-6/h1-4,11H/p+1. The van der Waals surface area contributed by atoms with E-state index in [9.17, 15) is 5.21 Å². The molecule has 0 aliphatic rings. The third-order valence-corrected chi connectivity index (χ3v) is 1.73. The Morgan fingerprint density at radius 1 is 1.55 bits per heavy atom. The average Bonchev–Trinajstić information content (AvgIpc) is 2.34. The molecule has 0 unspecified atom stereocenters. The minimum atomic E-state index is 0.514. The summed E-state index contributed by atoms with van der Waals surface area (Å²) < 4.78 is 0.970. The van der Waals surface area contributed by atoms with E-state index in [-0.39, 0.29) is 0 Å². The Kier molecular flexibility index (Phi) is 1.26. The summed E-state index contributed by atoms with van der Waals surface area (Å²) in [6.07, 6.45) is 3.17. The number of aromatic amines is 1. The number of halogens is 1. The molecule has 0 aliphatic carbocycles. The minimum absolute atomic E-state index is 0.514. The van der Waals surface area contributed by atoms with E-state index >= 15 is 0 Å². The molecule has 0 atom stereocenters. The van der Waals surface area contributed by atoms with Crippen molar-refractivity contribution < 1.29 is 9.94 Å². The van der Waals surface area contributed by atoms with Crippen molar-refractivity contribution in [1.29, 1.82) is 0 Å². The van der Waals surface area contributed by atoms with Gasteiger partial charge in [0.05, 0.1) is 16.6 Å². The first-order valence-corrected chi connectivity index (χ1v) is 3.53. The van der Waals surface area contributed by atoms with Crippen LogP contribution in [-0.4, -0.2) is 10.2 Å². The first kappa shape index (κ1) is 6.49. The highest BCUT2D eigenvalue weighted by molar-refractivity contribution is 6.30. The molecule has 2 heterocycles. The molecule has 0 aliphatic heterocycles. The lowest BCUT2D eigenvalue weighted by molar-refractivity contribution is -0.885. The Labute approximate surface area is 67.8 Å². The van der Waals surface area contributed by atoms with Gasteiger partial charge in [0.15, 0.2) is 6.20 Å². The predicted molar refractivity (Wildman–Crippen MR) is 40.7 cm³/mol. The summed E-state index contributed by atoms with van der Waals surface area (Å²) in [5, 5.41) is 10.6. The molecule has 2 N–H and O–H groups in total. The van der Waals surface area contributed by atoms with Crippen molar-refractivity contribution in [2.75, 3.05) is 0 Å². The maximum atomic E-state index is 9.24. The minimum Gasteiger partial charge on any atom is -0.350 e. The molecule has 2 rings (SSSR count). The highest BCUT2D eigenvalue weighted by Crippen LogP contribution is 2.12. The highest BCUT2D eigenvalue weighted by atomic mass is 35.5. The quantitative estimate of drug-likeness (QED) is 0.454. The zero-order chi connectivity index (χ0) is 7.84. The van der Waals surface area contributed by atoms with Gasteiger partial charge in [0.2, 0.25) is 0 Å². The Balaban J connectivity index is 2.91. The van der Waals surface area contributed by atoms with Crippen LogP contribution in [0, 0.1) is 0 Å². The van der Waals surface area contributed by atoms with Crippen LogP contribution < -0.4 is 4.73 Å². The molecule has 3 nitrogen and oxygen atoms in total. The normalized spacial score (nSPS) is 10.6. The van der Waals surface area contributed by atoms with Gasteiger partial charge in [-0.15, -0.1) is 0 Å². The first-order valence-electron chi connectivity index (χ1n) is 3.15. The Morgan fingerprint density at radius 2 is 2.36 bits per heavy atom. The van der Waals surface area contributed by atoms with Gasteiger partial charge in [-0.2, -0.15) is 0 Å². The lowest BCUT2D eigenvalue weighted by Crippen LogP contribution is -2.30. The first-order chi connectivity index (χ1) is 5.27. The number of hydrogen-bond acceptors (Lipinski definition) is 1. The van der Waals surface area contributed by atoms with E-state index in [1.54, 1.807) is 12.3 Å². The SMILES string of the molecule is O[n+]1cc(Cl)cc2cc[nH]c21. The van der Waals surface area contributed by atoms with Crippen molar-refractivity contribution in [3.8, 4) is 0 Å². The number of nitrogens with one attached hydrogen (secondary N) is 1. The largest absolute Gasteiger partial charge is 0.350 e. The second-order valence-electron chi connectivity index (χ2n) is 2.28. The fourth-order valence-corrected chi connectivity index (χ4v) is 1.26. The van der Waals surface area contributed by atoms with E-state index in [0.29, 0.717) is 10.7 Å². The Bertz CT molecular complexity index is 396. The van der Waals surface area contributed by atoms with Crippen LogP contribution in [0.15, 0.2) is 24.5 Å². The molecule has 0 amide bonds. The molecule has 0 radical (unpaired) electrons. The van der Waals surface area contributed by atoms with E-state index < -0.39 is 0 Å². The number of hydrogen-bond donors (Lipinski definition) is 2. The summed E-state index contributed by atoms with van der Waals surface area (Å²) in [6.45, 7) is 0. The zero-order valence-electron chi connectivity index (χ0n) is 5.58. The summed E-state index contributed by atoms with van der Waals surface area (Å²) in [5.41, 5.74) is 0.648. The highest BCUT2D eigenvalue weighted by Gasteiger charge is 2.07. The molecule has 0 saturated heterocycles. The number of H-pyrrole nitrogens is 1. The summed E-state index contributed by atoms with van der Waals surface area (Å²) >= 11 is 5.69. The van der Waals surface area contributed by atoms with E-state index in [1.807, 2.05) is 6.07 Å². The molecule has 11 heavy (non-hydrogen) atoms. The number of pyridine rings is 1. The van der Waals surface area contributed by atoms with Crippen LogP contribution >= 0.6 is 11.6 Å². The summed E-state index contributed by atoms with van der Waals surface area (Å²) in [7, 11) is 0. The second kappa shape index (κ2) is 2.13. The van der Waals surface area contributed by atoms with Gasteiger partial charge in [0, 0.05) is 0 Å². The molecule has 4 heteroatoms. The van der Waals surface area contributed by atoms with Crippen LogP contribution in [0.5, 0.6) is 0 Å². The fourth-order valence-electron chi connectivity index (χ4n) is 1.05. The molecule has 0 fully saturated rings. The van der Waals surface area contributed by atoms with Crippen molar-refractivity contribution in [3.63, 3.8) is 0 Å². The number of fused-ring (bicyclic) bond motifs is 1. The third-order valence-electron chi connectivity index (χ3n) is 1.52. The van der Waals surface area contributed by atoms with E-state index in [1.165, 1.54) is 6.20 Å². The number of rotatable bonds is 0. The van der Waals surface area contributed by atoms with Gasteiger partial charge in [0.25, 0.3) is 0 Å². The average molecular weight is 170 g/mol. The van der Waals surface area contributed by atoms with Crippen molar-refractivity contribution >= 4 is 22.6 Å². The predicted octanol–water partition coefficient (Wildman–Crippen LogP) is 1.35. The third kappa shape index (κ3) is 0.935. The molecule has 0 aromatic carbocycles. The van der Waals surface area contributed by atoms with Gasteiger partial charge in [-0.3, -0.25) is 0 Å². The van der Waals surface area contributed by atoms with E-state index in [0.717, 1.165) is 10.1 Å². The summed E-state index contributed by atoms with van der Waals surface area (Å²) in [6, 6.07) is 3.62. The number of aromatic nitrogens is 2. The molecule has 2 aromatic rings. The zero-order valence-corrected chi connectivity index (χ0v) is 6.34. The van der Waals surface area contributed by atoms with Crippen molar-refractivity contribution in [2.24, 2.45) is 0 Å². The van der Waals surface area contributed by atoms with Crippen molar-refractivity contribution in [3.05, 3.63) is 29.5 Å². The molecule has 0 bridgehead atoms. The Morgan fingerprint density at radius 3 is 3.18 bits per heavy atom. The topological polar surface area (TPSA) is 39.9 Å². The van der Waals surface area contributed by atoms with E-state index in [2.05, 4.69) is 4.98 Å². The van der Waals surface area contributed by atoms with Crippen LogP contribution in [0.1, 0.15) is 0 Å². The molecular formula is C7H6ClN2O+. The molecule has 0 saturated carbocycles. The van der Waals surface area contributed by atoms with Crippen molar-refractivity contribution in [2.45, 2.75) is 0 Å². The molecule has 56 valence electrons.